The molecule has 112 valence electrons. The zero-order valence-corrected chi connectivity index (χ0v) is 12.4. The first-order chi connectivity index (χ1) is 8.27. The van der Waals surface area contributed by atoms with Gasteiger partial charge in [0, 0.05) is 13.0 Å². The highest BCUT2D eigenvalue weighted by Gasteiger charge is 2.49. The summed E-state index contributed by atoms with van der Waals surface area (Å²) in [6, 6.07) is 0. The van der Waals surface area contributed by atoms with Crippen LogP contribution in [0.5, 0.6) is 0 Å². The summed E-state index contributed by atoms with van der Waals surface area (Å²) in [5, 5.41) is 0. The van der Waals surface area contributed by atoms with Crippen molar-refractivity contribution in [3.05, 3.63) is 0 Å². The Labute approximate surface area is 119 Å². The van der Waals surface area contributed by atoms with E-state index >= 15 is 0 Å². The first-order valence-electron chi connectivity index (χ1n) is 6.12. The molecule has 2 unspecified atom stereocenters. The van der Waals surface area contributed by atoms with Gasteiger partial charge in [-0.2, -0.15) is 0 Å². The van der Waals surface area contributed by atoms with Crippen molar-refractivity contribution in [3.63, 3.8) is 0 Å². The van der Waals surface area contributed by atoms with Crippen molar-refractivity contribution in [1.29, 1.82) is 0 Å². The lowest BCUT2D eigenvalue weighted by Crippen LogP contribution is -2.53. The van der Waals surface area contributed by atoms with Crippen LogP contribution in [-0.2, 0) is 14.3 Å². The Morgan fingerprint density at radius 1 is 1.53 bits per heavy atom. The maximum atomic E-state index is 14.2. The van der Waals surface area contributed by atoms with Crippen molar-refractivity contribution < 1.29 is 18.7 Å². The summed E-state index contributed by atoms with van der Waals surface area (Å²) >= 11 is 0. The molecule has 0 spiro atoms. The Bertz CT molecular complexity index is 352. The van der Waals surface area contributed by atoms with Crippen LogP contribution in [0.2, 0.25) is 0 Å². The van der Waals surface area contributed by atoms with E-state index in [0.717, 1.165) is 13.5 Å². The molecule has 0 aromatic heterocycles. The second kappa shape index (κ2) is 6.52. The van der Waals surface area contributed by atoms with Gasteiger partial charge in [0.2, 0.25) is 11.6 Å². The molecule has 1 rings (SSSR count). The van der Waals surface area contributed by atoms with E-state index in [0.29, 0.717) is 6.42 Å². The molecule has 0 aromatic rings. The molecule has 0 radical (unpaired) electrons. The van der Waals surface area contributed by atoms with E-state index < -0.39 is 17.2 Å². The summed E-state index contributed by atoms with van der Waals surface area (Å²) < 4.78 is 18.6. The number of hydrogen-bond donors (Lipinski definition) is 1. The number of carbonyl (C=O) groups excluding carboxylic acids is 2. The third-order valence-electron chi connectivity index (χ3n) is 3.32. The van der Waals surface area contributed by atoms with E-state index in [4.69, 9.17) is 5.73 Å². The SMILES string of the molecule is CCCC(C)(N)C(=O)N1CCC(F)(C(=O)OC)C1.Cl. The van der Waals surface area contributed by atoms with Crippen LogP contribution in [0.4, 0.5) is 4.39 Å². The van der Waals surface area contributed by atoms with E-state index in [1.807, 2.05) is 6.92 Å². The normalized spacial score (nSPS) is 25.4. The number of carbonyl (C=O) groups is 2. The Kier molecular flexibility index (Phi) is 6.22. The van der Waals surface area contributed by atoms with Crippen LogP contribution in [0, 0.1) is 0 Å². The van der Waals surface area contributed by atoms with Crippen molar-refractivity contribution in [2.75, 3.05) is 20.2 Å². The van der Waals surface area contributed by atoms with E-state index in [-0.39, 0.29) is 37.8 Å². The topological polar surface area (TPSA) is 72.6 Å². The van der Waals surface area contributed by atoms with Gasteiger partial charge in [0.1, 0.15) is 0 Å². The highest BCUT2D eigenvalue weighted by Crippen LogP contribution is 2.29. The predicted molar refractivity (Wildman–Crippen MR) is 71.8 cm³/mol. The first-order valence-corrected chi connectivity index (χ1v) is 6.12. The minimum atomic E-state index is -2.09. The highest BCUT2D eigenvalue weighted by atomic mass is 35.5. The van der Waals surface area contributed by atoms with Gasteiger partial charge in [-0.15, -0.1) is 12.4 Å². The van der Waals surface area contributed by atoms with Gasteiger partial charge in [0.05, 0.1) is 19.2 Å². The lowest BCUT2D eigenvalue weighted by molar-refractivity contribution is -0.154. The van der Waals surface area contributed by atoms with Crippen molar-refractivity contribution in [2.24, 2.45) is 5.73 Å². The number of amides is 1. The Hall–Kier alpha value is -0.880. The molecule has 0 saturated carbocycles. The Morgan fingerprint density at radius 2 is 2.11 bits per heavy atom. The molecule has 2 atom stereocenters. The fourth-order valence-electron chi connectivity index (χ4n) is 2.28. The number of methoxy groups -OCH3 is 1. The van der Waals surface area contributed by atoms with Gasteiger partial charge in [-0.05, 0) is 13.3 Å². The third-order valence-corrected chi connectivity index (χ3v) is 3.32. The summed E-state index contributed by atoms with van der Waals surface area (Å²) in [5.41, 5.74) is 2.82. The molecule has 5 nitrogen and oxygen atoms in total. The minimum Gasteiger partial charge on any atom is -0.467 e. The van der Waals surface area contributed by atoms with Gasteiger partial charge < -0.3 is 15.4 Å². The molecule has 7 heteroatoms. The zero-order chi connectivity index (χ0) is 14.0. The largest absolute Gasteiger partial charge is 0.467 e. The Morgan fingerprint density at radius 3 is 2.58 bits per heavy atom. The van der Waals surface area contributed by atoms with E-state index in [2.05, 4.69) is 4.74 Å². The molecule has 1 heterocycles. The predicted octanol–water partition coefficient (Wildman–Crippen LogP) is 1.04. The molecule has 1 amide bonds. The van der Waals surface area contributed by atoms with Crippen molar-refractivity contribution in [2.45, 2.75) is 44.3 Å². The number of esters is 1. The summed E-state index contributed by atoms with van der Waals surface area (Å²) in [6.07, 6.45) is 1.26. The molecule has 0 bridgehead atoms. The molecule has 0 aromatic carbocycles. The second-order valence-electron chi connectivity index (χ2n) is 5.10. The van der Waals surface area contributed by atoms with Crippen LogP contribution >= 0.6 is 12.4 Å². The Balaban J connectivity index is 0.00000324. The van der Waals surface area contributed by atoms with Crippen molar-refractivity contribution >= 4 is 24.3 Å². The highest BCUT2D eigenvalue weighted by molar-refractivity contribution is 5.88. The number of alkyl halides is 1. The number of ether oxygens (including phenoxy) is 1. The van der Waals surface area contributed by atoms with Crippen LogP contribution < -0.4 is 5.73 Å². The maximum absolute atomic E-state index is 14.2. The number of likely N-dealkylation sites (tertiary alicyclic amines) is 1. The minimum absolute atomic E-state index is 0. The molecule has 19 heavy (non-hydrogen) atoms. The van der Waals surface area contributed by atoms with Gasteiger partial charge in [-0.3, -0.25) is 4.79 Å². The zero-order valence-electron chi connectivity index (χ0n) is 11.6. The van der Waals surface area contributed by atoms with Crippen LogP contribution in [0.15, 0.2) is 0 Å². The van der Waals surface area contributed by atoms with Crippen LogP contribution in [0.25, 0.3) is 0 Å². The van der Waals surface area contributed by atoms with E-state index in [9.17, 15) is 14.0 Å². The molecule has 2 N–H and O–H groups in total. The van der Waals surface area contributed by atoms with Crippen molar-refractivity contribution in [3.8, 4) is 0 Å². The standard InChI is InChI=1S/C12H21FN2O3.ClH/c1-4-5-11(2,14)9(16)15-7-6-12(13,8-15)10(17)18-3;/h4-8,14H2,1-3H3;1H. The molecule has 1 fully saturated rings. The first kappa shape index (κ1) is 18.1. The van der Waals surface area contributed by atoms with Gasteiger partial charge in [-0.1, -0.05) is 13.3 Å². The second-order valence-corrected chi connectivity index (χ2v) is 5.10. The summed E-state index contributed by atoms with van der Waals surface area (Å²) in [4.78, 5) is 24.8. The lowest BCUT2D eigenvalue weighted by atomic mass is 9.96. The quantitative estimate of drug-likeness (QED) is 0.787. The molecule has 1 saturated heterocycles. The van der Waals surface area contributed by atoms with Crippen LogP contribution in [0.3, 0.4) is 0 Å². The average Bonchev–Trinajstić information content (AvgIpc) is 2.71. The summed E-state index contributed by atoms with van der Waals surface area (Å²) in [6.45, 7) is 3.49. The van der Waals surface area contributed by atoms with Gasteiger partial charge in [0.15, 0.2) is 0 Å². The third kappa shape index (κ3) is 3.79. The van der Waals surface area contributed by atoms with Gasteiger partial charge in [-0.25, -0.2) is 9.18 Å². The van der Waals surface area contributed by atoms with Crippen LogP contribution in [0.1, 0.15) is 33.1 Å². The lowest BCUT2D eigenvalue weighted by Gasteiger charge is -2.29. The monoisotopic (exact) mass is 296 g/mol. The molecule has 1 aliphatic rings. The number of halogens is 2. The molecule has 1 aliphatic heterocycles. The fourth-order valence-corrected chi connectivity index (χ4v) is 2.28. The average molecular weight is 297 g/mol. The summed E-state index contributed by atoms with van der Waals surface area (Å²) in [7, 11) is 1.14. The van der Waals surface area contributed by atoms with Gasteiger partial charge in [0.25, 0.3) is 0 Å². The number of hydrogen-bond acceptors (Lipinski definition) is 4. The van der Waals surface area contributed by atoms with E-state index in [1.165, 1.54) is 4.90 Å². The van der Waals surface area contributed by atoms with Gasteiger partial charge >= 0.3 is 5.97 Å². The summed E-state index contributed by atoms with van der Waals surface area (Å²) in [5.74, 6) is -1.24. The van der Waals surface area contributed by atoms with Crippen molar-refractivity contribution in [1.82, 2.24) is 4.90 Å². The molecular formula is C12H22ClFN2O3. The fraction of sp³-hybridized carbons (Fsp3) is 0.833. The maximum Gasteiger partial charge on any atom is 0.345 e. The molecular weight excluding hydrogens is 275 g/mol. The number of nitrogens with two attached hydrogens (primary N) is 1. The van der Waals surface area contributed by atoms with Crippen LogP contribution in [-0.4, -0.2) is 48.2 Å². The number of rotatable bonds is 4. The molecule has 0 aliphatic carbocycles. The van der Waals surface area contributed by atoms with E-state index in [1.54, 1.807) is 6.92 Å². The smallest absolute Gasteiger partial charge is 0.345 e. The number of nitrogens with zero attached hydrogens (tertiary/aromatic N) is 1.